The first kappa shape index (κ1) is 11.5. The molecule has 0 aliphatic rings. The van der Waals surface area contributed by atoms with Crippen molar-refractivity contribution in [2.24, 2.45) is 0 Å². The zero-order valence-corrected chi connectivity index (χ0v) is 9.31. The lowest BCUT2D eigenvalue weighted by molar-refractivity contribution is 0.281. The monoisotopic (exact) mass is 233 g/mol. The Morgan fingerprint density at radius 3 is 2.82 bits per heavy atom. The SMILES string of the molecule is Cc1ncc(CO)c(Nc2ccccc2F)n1. The van der Waals surface area contributed by atoms with Crippen molar-refractivity contribution in [2.45, 2.75) is 13.5 Å². The van der Waals surface area contributed by atoms with Crippen LogP contribution in [0.3, 0.4) is 0 Å². The van der Waals surface area contributed by atoms with Gasteiger partial charge in [0, 0.05) is 11.8 Å². The Morgan fingerprint density at radius 2 is 2.12 bits per heavy atom. The van der Waals surface area contributed by atoms with E-state index in [-0.39, 0.29) is 12.4 Å². The third kappa shape index (κ3) is 2.57. The van der Waals surface area contributed by atoms with Gasteiger partial charge >= 0.3 is 0 Å². The van der Waals surface area contributed by atoms with Gasteiger partial charge in [0.25, 0.3) is 0 Å². The van der Waals surface area contributed by atoms with Gasteiger partial charge in [-0.3, -0.25) is 0 Å². The Hall–Kier alpha value is -2.01. The number of nitrogens with zero attached hydrogens (tertiary/aromatic N) is 2. The Morgan fingerprint density at radius 1 is 1.35 bits per heavy atom. The Labute approximate surface area is 98.2 Å². The molecule has 0 amide bonds. The summed E-state index contributed by atoms with van der Waals surface area (Å²) in [6.45, 7) is 1.53. The number of hydrogen-bond acceptors (Lipinski definition) is 4. The number of aliphatic hydroxyl groups is 1. The van der Waals surface area contributed by atoms with Crippen molar-refractivity contribution in [3.63, 3.8) is 0 Å². The first-order valence-corrected chi connectivity index (χ1v) is 5.15. The minimum Gasteiger partial charge on any atom is -0.391 e. The van der Waals surface area contributed by atoms with Crippen LogP contribution in [-0.2, 0) is 6.61 Å². The van der Waals surface area contributed by atoms with Crippen LogP contribution in [0.1, 0.15) is 11.4 Å². The second kappa shape index (κ2) is 4.88. The molecule has 2 aromatic rings. The molecule has 0 spiro atoms. The smallest absolute Gasteiger partial charge is 0.146 e. The molecule has 0 atom stereocenters. The molecule has 0 saturated carbocycles. The Balaban J connectivity index is 2.35. The van der Waals surface area contributed by atoms with Crippen LogP contribution < -0.4 is 5.32 Å². The minimum absolute atomic E-state index is 0.197. The average molecular weight is 233 g/mol. The predicted octanol–water partition coefficient (Wildman–Crippen LogP) is 2.16. The maximum Gasteiger partial charge on any atom is 0.146 e. The van der Waals surface area contributed by atoms with Gasteiger partial charge in [-0.15, -0.1) is 0 Å². The lowest BCUT2D eigenvalue weighted by Gasteiger charge is -2.10. The zero-order chi connectivity index (χ0) is 12.3. The summed E-state index contributed by atoms with van der Waals surface area (Å²) >= 11 is 0. The van der Waals surface area contributed by atoms with Crippen molar-refractivity contribution in [1.82, 2.24) is 9.97 Å². The number of hydrogen-bond donors (Lipinski definition) is 2. The van der Waals surface area contributed by atoms with Crippen molar-refractivity contribution in [1.29, 1.82) is 0 Å². The number of halogens is 1. The molecule has 4 nitrogen and oxygen atoms in total. The fraction of sp³-hybridized carbons (Fsp3) is 0.167. The van der Waals surface area contributed by atoms with E-state index in [1.807, 2.05) is 0 Å². The third-order valence-electron chi connectivity index (χ3n) is 2.28. The largest absolute Gasteiger partial charge is 0.391 e. The summed E-state index contributed by atoms with van der Waals surface area (Å²) < 4.78 is 13.4. The molecule has 0 unspecified atom stereocenters. The maximum absolute atomic E-state index is 13.4. The molecule has 2 rings (SSSR count). The number of anilines is 2. The van der Waals surface area contributed by atoms with E-state index in [0.717, 1.165) is 0 Å². The molecule has 0 aliphatic heterocycles. The summed E-state index contributed by atoms with van der Waals surface area (Å²) in [6.07, 6.45) is 1.52. The van der Waals surface area contributed by atoms with Crippen molar-refractivity contribution in [2.75, 3.05) is 5.32 Å². The summed E-state index contributed by atoms with van der Waals surface area (Å²) in [4.78, 5) is 8.10. The van der Waals surface area contributed by atoms with E-state index in [2.05, 4.69) is 15.3 Å². The number of para-hydroxylation sites is 1. The molecular weight excluding hydrogens is 221 g/mol. The number of nitrogens with one attached hydrogen (secondary N) is 1. The fourth-order valence-electron chi connectivity index (χ4n) is 1.41. The molecule has 88 valence electrons. The molecule has 5 heteroatoms. The number of rotatable bonds is 3. The highest BCUT2D eigenvalue weighted by Crippen LogP contribution is 2.20. The van der Waals surface area contributed by atoms with Crippen LogP contribution >= 0.6 is 0 Å². The van der Waals surface area contributed by atoms with Gasteiger partial charge in [0.15, 0.2) is 0 Å². The minimum atomic E-state index is -0.368. The van der Waals surface area contributed by atoms with Crippen LogP contribution in [0.2, 0.25) is 0 Å². The van der Waals surface area contributed by atoms with Gasteiger partial charge in [0.05, 0.1) is 12.3 Å². The van der Waals surface area contributed by atoms with Crippen molar-refractivity contribution in [3.8, 4) is 0 Å². The lowest BCUT2D eigenvalue weighted by atomic mass is 10.2. The quantitative estimate of drug-likeness (QED) is 0.852. The highest BCUT2D eigenvalue weighted by Gasteiger charge is 2.07. The number of aryl methyl sites for hydroxylation is 1. The predicted molar refractivity (Wildman–Crippen MR) is 62.4 cm³/mol. The lowest BCUT2D eigenvalue weighted by Crippen LogP contribution is -2.03. The standard InChI is InChI=1S/C12H12FN3O/c1-8-14-6-9(7-17)12(15-8)16-11-5-3-2-4-10(11)13/h2-6,17H,7H2,1H3,(H,14,15,16). The first-order valence-electron chi connectivity index (χ1n) is 5.15. The summed E-state index contributed by atoms with van der Waals surface area (Å²) in [5.74, 6) is 0.610. The van der Waals surface area contributed by atoms with Crippen molar-refractivity contribution in [3.05, 3.63) is 47.7 Å². The molecule has 0 radical (unpaired) electrons. The van der Waals surface area contributed by atoms with Crippen LogP contribution in [0, 0.1) is 12.7 Å². The van der Waals surface area contributed by atoms with E-state index < -0.39 is 0 Å². The first-order chi connectivity index (χ1) is 8.20. The van der Waals surface area contributed by atoms with E-state index in [4.69, 9.17) is 5.11 Å². The molecular formula is C12H12FN3O. The van der Waals surface area contributed by atoms with Crippen LogP contribution in [-0.4, -0.2) is 15.1 Å². The summed E-state index contributed by atoms with van der Waals surface area (Å²) in [6, 6.07) is 6.29. The van der Waals surface area contributed by atoms with Crippen molar-refractivity contribution < 1.29 is 9.50 Å². The van der Waals surface area contributed by atoms with E-state index >= 15 is 0 Å². The zero-order valence-electron chi connectivity index (χ0n) is 9.31. The van der Waals surface area contributed by atoms with Gasteiger partial charge in [-0.05, 0) is 19.1 Å². The van der Waals surface area contributed by atoms with E-state index in [0.29, 0.717) is 22.9 Å². The van der Waals surface area contributed by atoms with Crippen LogP contribution in [0.15, 0.2) is 30.5 Å². The molecule has 0 fully saturated rings. The Kier molecular flexibility index (Phi) is 3.30. The summed E-state index contributed by atoms with van der Waals surface area (Å²) in [5, 5.41) is 12.0. The number of benzene rings is 1. The van der Waals surface area contributed by atoms with Gasteiger partial charge in [-0.1, -0.05) is 12.1 Å². The van der Waals surface area contributed by atoms with Gasteiger partial charge in [-0.2, -0.15) is 0 Å². The second-order valence-corrected chi connectivity index (χ2v) is 3.55. The van der Waals surface area contributed by atoms with Gasteiger partial charge in [-0.25, -0.2) is 14.4 Å². The summed E-state index contributed by atoms with van der Waals surface area (Å²) in [7, 11) is 0. The molecule has 1 aromatic heterocycles. The Bertz CT molecular complexity index is 531. The molecule has 17 heavy (non-hydrogen) atoms. The summed E-state index contributed by atoms with van der Waals surface area (Å²) in [5.41, 5.74) is 0.846. The second-order valence-electron chi connectivity index (χ2n) is 3.55. The van der Waals surface area contributed by atoms with E-state index in [9.17, 15) is 4.39 Å². The van der Waals surface area contributed by atoms with Gasteiger partial charge < -0.3 is 10.4 Å². The van der Waals surface area contributed by atoms with Gasteiger partial charge in [0.2, 0.25) is 0 Å². The highest BCUT2D eigenvalue weighted by molar-refractivity contribution is 5.59. The molecule has 0 saturated heterocycles. The van der Waals surface area contributed by atoms with E-state index in [1.54, 1.807) is 25.1 Å². The van der Waals surface area contributed by atoms with Gasteiger partial charge in [0.1, 0.15) is 17.5 Å². The number of aliphatic hydroxyl groups excluding tert-OH is 1. The van der Waals surface area contributed by atoms with Crippen molar-refractivity contribution >= 4 is 11.5 Å². The molecule has 0 bridgehead atoms. The van der Waals surface area contributed by atoms with Crippen LogP contribution in [0.5, 0.6) is 0 Å². The van der Waals surface area contributed by atoms with E-state index in [1.165, 1.54) is 12.3 Å². The average Bonchev–Trinajstić information content (AvgIpc) is 2.32. The molecule has 2 N–H and O–H groups in total. The number of aromatic nitrogens is 2. The maximum atomic E-state index is 13.4. The normalized spacial score (nSPS) is 10.3. The van der Waals surface area contributed by atoms with Crippen LogP contribution in [0.25, 0.3) is 0 Å². The molecule has 0 aliphatic carbocycles. The topological polar surface area (TPSA) is 58.0 Å². The van der Waals surface area contributed by atoms with Crippen LogP contribution in [0.4, 0.5) is 15.9 Å². The molecule has 1 heterocycles. The molecule has 1 aromatic carbocycles. The highest BCUT2D eigenvalue weighted by atomic mass is 19.1. The third-order valence-corrected chi connectivity index (χ3v) is 2.28. The fourth-order valence-corrected chi connectivity index (χ4v) is 1.41.